The van der Waals surface area contributed by atoms with Crippen molar-refractivity contribution in [2.75, 3.05) is 25.1 Å². The third-order valence-corrected chi connectivity index (χ3v) is 8.19. The number of carbonyl (C=O) groups excluding carboxylic acids is 3. The molecule has 0 saturated carbocycles. The molecule has 212 valence electrons. The van der Waals surface area contributed by atoms with Crippen LogP contribution < -0.4 is 16.0 Å². The topological polar surface area (TPSA) is 118 Å². The van der Waals surface area contributed by atoms with E-state index in [4.69, 9.17) is 9.72 Å². The van der Waals surface area contributed by atoms with Crippen LogP contribution in [-0.4, -0.2) is 63.5 Å². The van der Waals surface area contributed by atoms with E-state index in [0.717, 1.165) is 29.2 Å². The number of amides is 3. The van der Waals surface area contributed by atoms with Crippen molar-refractivity contribution in [2.45, 2.75) is 50.9 Å². The first-order chi connectivity index (χ1) is 19.9. The Morgan fingerprint density at radius 2 is 1.90 bits per heavy atom. The summed E-state index contributed by atoms with van der Waals surface area (Å²) in [4.78, 5) is 46.1. The Balaban J connectivity index is 1.41. The van der Waals surface area contributed by atoms with Gasteiger partial charge in [-0.15, -0.1) is 0 Å². The first-order valence-electron chi connectivity index (χ1n) is 14.0. The normalized spacial score (nSPS) is 20.4. The van der Waals surface area contributed by atoms with Gasteiger partial charge in [-0.1, -0.05) is 43.0 Å². The van der Waals surface area contributed by atoms with Crippen LogP contribution in [0.25, 0.3) is 22.2 Å². The first-order valence-corrected chi connectivity index (χ1v) is 14.0. The number of imidazole rings is 1. The maximum absolute atomic E-state index is 13.7. The first kappa shape index (κ1) is 26.8. The molecule has 3 N–H and O–H groups in total. The van der Waals surface area contributed by atoms with E-state index < -0.39 is 5.54 Å². The standard InChI is InChI=1S/C31H34N6O4/c1-3-26(38)34-24-10-5-7-21-22(24)8-4-9-23(21)28-35-27(29(39)33-20-11-17-41-18-12-20)25-19-36(15-16-37(25)28)30(40)31(2)13-6-14-32-31/h3-10,14,20,32H,1,11-13,15-19H2,2H3,(H,33,39)(H,34,38). The minimum atomic E-state index is -0.697. The van der Waals surface area contributed by atoms with E-state index in [9.17, 15) is 14.4 Å². The van der Waals surface area contributed by atoms with Gasteiger partial charge in [0.05, 0.1) is 12.2 Å². The van der Waals surface area contributed by atoms with Crippen molar-refractivity contribution in [3.8, 4) is 11.4 Å². The average Bonchev–Trinajstić information content (AvgIpc) is 3.61. The number of rotatable bonds is 6. The highest BCUT2D eigenvalue weighted by atomic mass is 16.5. The van der Waals surface area contributed by atoms with E-state index in [1.807, 2.05) is 60.5 Å². The van der Waals surface area contributed by atoms with Crippen LogP contribution in [0.3, 0.4) is 0 Å². The number of benzene rings is 2. The zero-order chi connectivity index (χ0) is 28.6. The molecule has 0 aliphatic carbocycles. The molecule has 0 bridgehead atoms. The minimum absolute atomic E-state index is 0.0000466. The Kier molecular flexibility index (Phi) is 7.08. The lowest BCUT2D eigenvalue weighted by Crippen LogP contribution is -2.54. The van der Waals surface area contributed by atoms with Crippen LogP contribution >= 0.6 is 0 Å². The lowest BCUT2D eigenvalue weighted by atomic mass is 9.98. The fourth-order valence-electron chi connectivity index (χ4n) is 5.92. The summed E-state index contributed by atoms with van der Waals surface area (Å²) >= 11 is 0. The Bertz CT molecular complexity index is 1560. The average molecular weight is 555 g/mol. The molecule has 1 saturated heterocycles. The van der Waals surface area contributed by atoms with Gasteiger partial charge in [0.1, 0.15) is 11.4 Å². The van der Waals surface area contributed by atoms with Crippen LogP contribution in [0, 0.1) is 0 Å². The number of aromatic nitrogens is 2. The highest BCUT2D eigenvalue weighted by Gasteiger charge is 2.40. The zero-order valence-electron chi connectivity index (χ0n) is 23.1. The van der Waals surface area contributed by atoms with Crippen molar-refractivity contribution in [1.82, 2.24) is 25.1 Å². The maximum atomic E-state index is 13.7. The predicted octanol–water partition coefficient (Wildman–Crippen LogP) is 3.34. The van der Waals surface area contributed by atoms with Crippen molar-refractivity contribution < 1.29 is 19.1 Å². The fourth-order valence-corrected chi connectivity index (χ4v) is 5.92. The Morgan fingerprint density at radius 1 is 1.12 bits per heavy atom. The molecule has 1 fully saturated rings. The summed E-state index contributed by atoms with van der Waals surface area (Å²) in [5.74, 6) is 0.125. The highest BCUT2D eigenvalue weighted by Crippen LogP contribution is 2.35. The van der Waals surface area contributed by atoms with E-state index in [2.05, 4.69) is 27.1 Å². The number of nitrogens with zero attached hydrogens (tertiary/aromatic N) is 3. The molecule has 1 aromatic heterocycles. The van der Waals surface area contributed by atoms with Crippen molar-refractivity contribution in [3.63, 3.8) is 0 Å². The van der Waals surface area contributed by atoms with Gasteiger partial charge in [-0.05, 0) is 49.9 Å². The molecule has 0 spiro atoms. The molecule has 1 atom stereocenters. The van der Waals surface area contributed by atoms with Gasteiger partial charge in [0, 0.05) is 49.0 Å². The van der Waals surface area contributed by atoms with Crippen LogP contribution in [0.15, 0.2) is 61.3 Å². The summed E-state index contributed by atoms with van der Waals surface area (Å²) in [7, 11) is 0. The Morgan fingerprint density at radius 3 is 2.66 bits per heavy atom. The fraction of sp³-hybridized carbons (Fsp3) is 0.355. The number of hydrogen-bond donors (Lipinski definition) is 3. The SMILES string of the molecule is C=CC(=O)Nc1cccc2c(-c3nc(C(=O)NC4CCOCC4)c4n3CCN(C(=O)C3(C)CC=CN3)C4)cccc12. The quantitative estimate of drug-likeness (QED) is 0.403. The van der Waals surface area contributed by atoms with Crippen LogP contribution in [0.4, 0.5) is 5.69 Å². The van der Waals surface area contributed by atoms with E-state index in [1.165, 1.54) is 6.08 Å². The van der Waals surface area contributed by atoms with Crippen LogP contribution in [-0.2, 0) is 27.4 Å². The van der Waals surface area contributed by atoms with Gasteiger partial charge >= 0.3 is 0 Å². The number of fused-ring (bicyclic) bond motifs is 2. The molecule has 41 heavy (non-hydrogen) atoms. The summed E-state index contributed by atoms with van der Waals surface area (Å²) in [6.07, 6.45) is 7.14. The van der Waals surface area contributed by atoms with E-state index in [1.54, 1.807) is 0 Å². The number of anilines is 1. The van der Waals surface area contributed by atoms with Crippen molar-refractivity contribution in [2.24, 2.45) is 0 Å². The molecule has 3 amide bonds. The van der Waals surface area contributed by atoms with Crippen LogP contribution in [0.2, 0.25) is 0 Å². The summed E-state index contributed by atoms with van der Waals surface area (Å²) in [5, 5.41) is 11.0. The molecule has 2 aromatic carbocycles. The summed E-state index contributed by atoms with van der Waals surface area (Å²) in [5.41, 5.74) is 1.86. The molecule has 3 aromatic rings. The van der Waals surface area contributed by atoms with Crippen molar-refractivity contribution in [3.05, 3.63) is 72.7 Å². The minimum Gasteiger partial charge on any atom is -0.381 e. The highest BCUT2D eigenvalue weighted by molar-refractivity contribution is 6.09. The Labute approximate surface area is 238 Å². The largest absolute Gasteiger partial charge is 0.381 e. The molecule has 3 aliphatic rings. The molecule has 10 heteroatoms. The summed E-state index contributed by atoms with van der Waals surface area (Å²) in [6.45, 7) is 7.97. The van der Waals surface area contributed by atoms with Gasteiger partial charge in [0.15, 0.2) is 5.69 Å². The van der Waals surface area contributed by atoms with Gasteiger partial charge in [-0.2, -0.15) is 0 Å². The second-order valence-electron chi connectivity index (χ2n) is 11.0. The van der Waals surface area contributed by atoms with Gasteiger partial charge in [0.25, 0.3) is 5.91 Å². The van der Waals surface area contributed by atoms with Gasteiger partial charge in [0.2, 0.25) is 11.8 Å². The number of ether oxygens (including phenoxy) is 1. The lowest BCUT2D eigenvalue weighted by Gasteiger charge is -2.35. The molecular weight excluding hydrogens is 520 g/mol. The van der Waals surface area contributed by atoms with Gasteiger partial charge in [-0.25, -0.2) is 4.98 Å². The van der Waals surface area contributed by atoms with Gasteiger partial charge < -0.3 is 30.2 Å². The van der Waals surface area contributed by atoms with E-state index in [0.29, 0.717) is 55.6 Å². The Hall–Kier alpha value is -4.44. The number of hydrogen-bond acceptors (Lipinski definition) is 6. The third kappa shape index (κ3) is 4.99. The molecule has 0 radical (unpaired) electrons. The molecule has 10 nitrogen and oxygen atoms in total. The van der Waals surface area contributed by atoms with Crippen LogP contribution in [0.1, 0.15) is 42.4 Å². The summed E-state index contributed by atoms with van der Waals surface area (Å²) < 4.78 is 7.53. The summed E-state index contributed by atoms with van der Waals surface area (Å²) in [6, 6.07) is 11.6. The number of carbonyl (C=O) groups is 3. The smallest absolute Gasteiger partial charge is 0.272 e. The molecule has 6 rings (SSSR count). The van der Waals surface area contributed by atoms with Crippen molar-refractivity contribution >= 4 is 34.2 Å². The zero-order valence-corrected chi connectivity index (χ0v) is 23.1. The predicted molar refractivity (Wildman–Crippen MR) is 156 cm³/mol. The molecule has 4 heterocycles. The molecule has 1 unspecified atom stereocenters. The molecule has 3 aliphatic heterocycles. The van der Waals surface area contributed by atoms with Crippen molar-refractivity contribution in [1.29, 1.82) is 0 Å². The van der Waals surface area contributed by atoms with E-state index in [-0.39, 0.29) is 30.3 Å². The second kappa shape index (κ2) is 10.9. The lowest BCUT2D eigenvalue weighted by molar-refractivity contribution is -0.138. The monoisotopic (exact) mass is 554 g/mol. The maximum Gasteiger partial charge on any atom is 0.272 e. The molecular formula is C31H34N6O4. The van der Waals surface area contributed by atoms with Gasteiger partial charge in [-0.3, -0.25) is 14.4 Å². The second-order valence-corrected chi connectivity index (χ2v) is 11.0. The third-order valence-electron chi connectivity index (χ3n) is 8.19. The van der Waals surface area contributed by atoms with E-state index >= 15 is 0 Å². The number of nitrogens with one attached hydrogen (secondary N) is 3. The van der Waals surface area contributed by atoms with Crippen LogP contribution in [0.5, 0.6) is 0 Å².